The van der Waals surface area contributed by atoms with Crippen molar-refractivity contribution in [2.24, 2.45) is 5.10 Å². The minimum Gasteiger partial charge on any atom is -0.494 e. The molecular formula is C22H22N2O3S. The summed E-state index contributed by atoms with van der Waals surface area (Å²) in [4.78, 5) is 13.3. The molecule has 0 bridgehead atoms. The second-order valence-electron chi connectivity index (χ2n) is 6.01. The highest BCUT2D eigenvalue weighted by Gasteiger charge is 2.06. The van der Waals surface area contributed by atoms with Crippen molar-refractivity contribution in [3.8, 4) is 11.5 Å². The monoisotopic (exact) mass is 394 g/mol. The number of rotatable bonds is 8. The number of benzene rings is 2. The van der Waals surface area contributed by atoms with Crippen LogP contribution in [-0.2, 0) is 6.61 Å². The average Bonchev–Trinajstić information content (AvgIpc) is 3.27. The molecule has 144 valence electrons. The number of thiophene rings is 1. The van der Waals surface area contributed by atoms with Gasteiger partial charge in [0.25, 0.3) is 5.91 Å². The molecular weight excluding hydrogens is 372 g/mol. The van der Waals surface area contributed by atoms with Gasteiger partial charge in [0, 0.05) is 10.4 Å². The van der Waals surface area contributed by atoms with E-state index in [0.29, 0.717) is 18.8 Å². The molecule has 0 spiro atoms. The van der Waals surface area contributed by atoms with Crippen LogP contribution in [0.15, 0.2) is 71.1 Å². The maximum absolute atomic E-state index is 12.2. The third-order valence-corrected chi connectivity index (χ3v) is 4.94. The van der Waals surface area contributed by atoms with Crippen molar-refractivity contribution in [1.29, 1.82) is 0 Å². The second kappa shape index (κ2) is 9.71. The zero-order chi connectivity index (χ0) is 19.8. The van der Waals surface area contributed by atoms with Gasteiger partial charge < -0.3 is 9.47 Å². The molecule has 3 rings (SSSR count). The molecule has 2 aromatic carbocycles. The lowest BCUT2D eigenvalue weighted by atomic mass is 10.1. The Kier molecular flexibility index (Phi) is 6.81. The van der Waals surface area contributed by atoms with E-state index in [9.17, 15) is 4.79 Å². The molecule has 0 aliphatic rings. The van der Waals surface area contributed by atoms with Crippen molar-refractivity contribution in [2.45, 2.75) is 20.5 Å². The van der Waals surface area contributed by atoms with Crippen molar-refractivity contribution in [1.82, 2.24) is 5.43 Å². The Labute approximate surface area is 168 Å². The van der Waals surface area contributed by atoms with Gasteiger partial charge in [0.05, 0.1) is 12.3 Å². The normalized spacial score (nSPS) is 11.1. The van der Waals surface area contributed by atoms with Gasteiger partial charge in [-0.05, 0) is 67.3 Å². The van der Waals surface area contributed by atoms with Crippen molar-refractivity contribution < 1.29 is 14.3 Å². The summed E-state index contributed by atoms with van der Waals surface area (Å²) in [6.45, 7) is 4.88. The van der Waals surface area contributed by atoms with Gasteiger partial charge in [-0.3, -0.25) is 4.79 Å². The molecule has 1 N–H and O–H groups in total. The Bertz CT molecular complexity index is 917. The lowest BCUT2D eigenvalue weighted by Crippen LogP contribution is -2.19. The summed E-state index contributed by atoms with van der Waals surface area (Å²) in [6.07, 6.45) is 0. The highest BCUT2D eigenvalue weighted by Crippen LogP contribution is 2.19. The number of hydrogen-bond donors (Lipinski definition) is 1. The number of amides is 1. The molecule has 5 nitrogen and oxygen atoms in total. The van der Waals surface area contributed by atoms with E-state index in [1.165, 1.54) is 0 Å². The zero-order valence-electron chi connectivity index (χ0n) is 15.8. The molecule has 28 heavy (non-hydrogen) atoms. The number of carbonyl (C=O) groups is 1. The summed E-state index contributed by atoms with van der Waals surface area (Å²) in [5.74, 6) is 1.35. The van der Waals surface area contributed by atoms with E-state index in [1.807, 2.05) is 67.8 Å². The van der Waals surface area contributed by atoms with E-state index < -0.39 is 0 Å². The molecule has 6 heteroatoms. The number of hydrogen-bond acceptors (Lipinski definition) is 5. The minimum atomic E-state index is -0.241. The summed E-state index contributed by atoms with van der Waals surface area (Å²) in [7, 11) is 0. The lowest BCUT2D eigenvalue weighted by Gasteiger charge is -2.08. The summed E-state index contributed by atoms with van der Waals surface area (Å²) in [6, 6.07) is 18.7. The third kappa shape index (κ3) is 5.44. The third-order valence-electron chi connectivity index (χ3n) is 3.96. The SMILES string of the molecule is CCOc1ccc(OCc2ccc(C(=O)N/N=C(\C)c3cccs3)cc2)cc1. The van der Waals surface area contributed by atoms with Crippen LogP contribution in [0.2, 0.25) is 0 Å². The summed E-state index contributed by atoms with van der Waals surface area (Å²) in [5.41, 5.74) is 4.90. The molecule has 0 aliphatic heterocycles. The van der Waals surface area contributed by atoms with Crippen molar-refractivity contribution in [3.05, 3.63) is 82.0 Å². The molecule has 0 radical (unpaired) electrons. The predicted molar refractivity (Wildman–Crippen MR) is 112 cm³/mol. The van der Waals surface area contributed by atoms with Gasteiger partial charge >= 0.3 is 0 Å². The van der Waals surface area contributed by atoms with Crippen LogP contribution in [0.25, 0.3) is 0 Å². The predicted octanol–water partition coefficient (Wildman–Crippen LogP) is 4.88. The van der Waals surface area contributed by atoms with E-state index in [-0.39, 0.29) is 5.91 Å². The van der Waals surface area contributed by atoms with E-state index in [0.717, 1.165) is 27.7 Å². The van der Waals surface area contributed by atoms with Crippen LogP contribution >= 0.6 is 11.3 Å². The molecule has 1 aromatic heterocycles. The van der Waals surface area contributed by atoms with Gasteiger partial charge in [-0.1, -0.05) is 18.2 Å². The van der Waals surface area contributed by atoms with E-state index in [4.69, 9.17) is 9.47 Å². The first-order chi connectivity index (χ1) is 13.7. The smallest absolute Gasteiger partial charge is 0.271 e. The molecule has 1 amide bonds. The van der Waals surface area contributed by atoms with Crippen molar-refractivity contribution in [2.75, 3.05) is 6.61 Å². The fourth-order valence-electron chi connectivity index (χ4n) is 2.46. The Morgan fingerprint density at radius 1 is 1.00 bits per heavy atom. The van der Waals surface area contributed by atoms with Crippen molar-refractivity contribution >= 4 is 23.0 Å². The molecule has 0 saturated heterocycles. The van der Waals surface area contributed by atoms with Crippen LogP contribution in [0.3, 0.4) is 0 Å². The Morgan fingerprint density at radius 3 is 2.29 bits per heavy atom. The second-order valence-corrected chi connectivity index (χ2v) is 6.95. The maximum atomic E-state index is 12.2. The molecule has 0 saturated carbocycles. The Balaban J connectivity index is 1.52. The zero-order valence-corrected chi connectivity index (χ0v) is 16.7. The maximum Gasteiger partial charge on any atom is 0.271 e. The first-order valence-corrected chi connectivity index (χ1v) is 9.87. The molecule has 0 fully saturated rings. The quantitative estimate of drug-likeness (QED) is 0.438. The van der Waals surface area contributed by atoms with Crippen LogP contribution in [0, 0.1) is 0 Å². The van der Waals surface area contributed by atoms with Crippen LogP contribution in [0.1, 0.15) is 34.6 Å². The van der Waals surface area contributed by atoms with Crippen LogP contribution in [-0.4, -0.2) is 18.2 Å². The van der Waals surface area contributed by atoms with Gasteiger partial charge in [0.2, 0.25) is 0 Å². The van der Waals surface area contributed by atoms with Crippen LogP contribution in [0.5, 0.6) is 11.5 Å². The minimum absolute atomic E-state index is 0.241. The largest absolute Gasteiger partial charge is 0.494 e. The fraction of sp³-hybridized carbons (Fsp3) is 0.182. The Morgan fingerprint density at radius 2 is 1.68 bits per heavy atom. The molecule has 3 aromatic rings. The Hall–Kier alpha value is -3.12. The van der Waals surface area contributed by atoms with E-state index in [1.54, 1.807) is 23.5 Å². The number of nitrogens with zero attached hydrogens (tertiary/aromatic N) is 1. The summed E-state index contributed by atoms with van der Waals surface area (Å²) in [5, 5.41) is 6.13. The van der Waals surface area contributed by atoms with Crippen LogP contribution in [0.4, 0.5) is 0 Å². The molecule has 0 atom stereocenters. The van der Waals surface area contributed by atoms with Crippen molar-refractivity contribution in [3.63, 3.8) is 0 Å². The van der Waals surface area contributed by atoms with E-state index in [2.05, 4.69) is 10.5 Å². The van der Waals surface area contributed by atoms with Gasteiger partial charge in [-0.2, -0.15) is 5.10 Å². The van der Waals surface area contributed by atoms with Gasteiger partial charge in [0.15, 0.2) is 0 Å². The number of hydrazone groups is 1. The average molecular weight is 394 g/mol. The number of nitrogens with one attached hydrogen (secondary N) is 1. The van der Waals surface area contributed by atoms with Gasteiger partial charge in [-0.15, -0.1) is 11.3 Å². The van der Waals surface area contributed by atoms with Gasteiger partial charge in [0.1, 0.15) is 18.1 Å². The summed E-state index contributed by atoms with van der Waals surface area (Å²) < 4.78 is 11.2. The summed E-state index contributed by atoms with van der Waals surface area (Å²) >= 11 is 1.58. The highest BCUT2D eigenvalue weighted by atomic mass is 32.1. The first kappa shape index (κ1) is 19.6. The van der Waals surface area contributed by atoms with Crippen LogP contribution < -0.4 is 14.9 Å². The molecule has 1 heterocycles. The first-order valence-electron chi connectivity index (χ1n) is 8.99. The topological polar surface area (TPSA) is 59.9 Å². The number of ether oxygens (including phenoxy) is 2. The lowest BCUT2D eigenvalue weighted by molar-refractivity contribution is 0.0955. The van der Waals surface area contributed by atoms with E-state index >= 15 is 0 Å². The standard InChI is InChI=1S/C22H22N2O3S/c1-3-26-19-10-12-20(13-11-19)27-15-17-6-8-18(9-7-17)22(25)24-23-16(2)21-5-4-14-28-21/h4-14H,3,15H2,1-2H3,(H,24,25)/b23-16+. The fourth-order valence-corrected chi connectivity index (χ4v) is 3.13. The number of carbonyl (C=O) groups excluding carboxylic acids is 1. The molecule has 0 aliphatic carbocycles. The highest BCUT2D eigenvalue weighted by molar-refractivity contribution is 7.12. The van der Waals surface area contributed by atoms with Gasteiger partial charge in [-0.25, -0.2) is 5.43 Å². The molecule has 0 unspecified atom stereocenters.